The monoisotopic (exact) mass is 383 g/mol. The SMILES string of the molecule is CCCN1c2ccc(C=C3C(=O)N(C)C(=O)N(C)C3=O)cc2C(C)CC1(C)C. The minimum Gasteiger partial charge on any atom is -0.366 e. The molecule has 28 heavy (non-hydrogen) atoms. The Morgan fingerprint density at radius 2 is 1.71 bits per heavy atom. The number of amides is 4. The Morgan fingerprint density at radius 3 is 2.29 bits per heavy atom. The first-order chi connectivity index (χ1) is 13.1. The molecule has 2 aliphatic rings. The molecule has 0 radical (unpaired) electrons. The second-order valence-electron chi connectivity index (χ2n) is 8.46. The molecule has 2 heterocycles. The summed E-state index contributed by atoms with van der Waals surface area (Å²) in [7, 11) is 2.78. The van der Waals surface area contributed by atoms with Crippen molar-refractivity contribution in [2.24, 2.45) is 0 Å². The third-order valence-corrected chi connectivity index (χ3v) is 5.81. The molecule has 1 fully saturated rings. The fraction of sp³-hybridized carbons (Fsp3) is 0.500. The Morgan fingerprint density at radius 1 is 1.11 bits per heavy atom. The number of carbonyl (C=O) groups is 3. The number of hydrogen-bond acceptors (Lipinski definition) is 4. The van der Waals surface area contributed by atoms with E-state index in [-0.39, 0.29) is 11.1 Å². The highest BCUT2D eigenvalue weighted by molar-refractivity contribution is 6.30. The lowest BCUT2D eigenvalue weighted by atomic mass is 9.79. The summed E-state index contributed by atoms with van der Waals surface area (Å²) in [6.45, 7) is 9.95. The van der Waals surface area contributed by atoms with Gasteiger partial charge >= 0.3 is 6.03 Å². The van der Waals surface area contributed by atoms with Crippen LogP contribution >= 0.6 is 0 Å². The Balaban J connectivity index is 2.03. The van der Waals surface area contributed by atoms with Crippen molar-refractivity contribution >= 4 is 29.6 Å². The first-order valence-corrected chi connectivity index (χ1v) is 9.81. The van der Waals surface area contributed by atoms with E-state index in [4.69, 9.17) is 0 Å². The van der Waals surface area contributed by atoms with Crippen molar-refractivity contribution in [3.8, 4) is 0 Å². The van der Waals surface area contributed by atoms with Gasteiger partial charge in [-0.15, -0.1) is 0 Å². The van der Waals surface area contributed by atoms with Crippen molar-refractivity contribution in [2.45, 2.75) is 52.0 Å². The van der Waals surface area contributed by atoms with E-state index in [1.165, 1.54) is 25.3 Å². The number of benzene rings is 1. The van der Waals surface area contributed by atoms with Crippen LogP contribution in [-0.4, -0.2) is 53.8 Å². The Labute approximate surface area is 166 Å². The molecule has 1 saturated heterocycles. The number of imide groups is 2. The predicted octanol–water partition coefficient (Wildman–Crippen LogP) is 3.62. The van der Waals surface area contributed by atoms with E-state index in [1.807, 2.05) is 6.07 Å². The van der Waals surface area contributed by atoms with Gasteiger partial charge in [-0.2, -0.15) is 0 Å². The van der Waals surface area contributed by atoms with Crippen LogP contribution in [0.1, 0.15) is 57.6 Å². The number of urea groups is 1. The van der Waals surface area contributed by atoms with E-state index < -0.39 is 17.8 Å². The number of fused-ring (bicyclic) bond motifs is 1. The highest BCUT2D eigenvalue weighted by Gasteiger charge is 2.38. The highest BCUT2D eigenvalue weighted by Crippen LogP contribution is 2.43. The van der Waals surface area contributed by atoms with Crippen molar-refractivity contribution in [3.63, 3.8) is 0 Å². The van der Waals surface area contributed by atoms with Crippen LogP contribution in [0.5, 0.6) is 0 Å². The molecule has 0 bridgehead atoms. The summed E-state index contributed by atoms with van der Waals surface area (Å²) in [6.07, 6.45) is 3.71. The molecule has 0 spiro atoms. The summed E-state index contributed by atoms with van der Waals surface area (Å²) >= 11 is 0. The first kappa shape index (κ1) is 20.1. The van der Waals surface area contributed by atoms with Gasteiger partial charge in [0.15, 0.2) is 0 Å². The van der Waals surface area contributed by atoms with E-state index in [1.54, 1.807) is 6.08 Å². The highest BCUT2D eigenvalue weighted by atomic mass is 16.2. The second kappa shape index (κ2) is 7.08. The molecular weight excluding hydrogens is 354 g/mol. The number of barbiturate groups is 1. The maximum atomic E-state index is 12.5. The van der Waals surface area contributed by atoms with Gasteiger partial charge in [0.2, 0.25) is 0 Å². The molecule has 6 nitrogen and oxygen atoms in total. The van der Waals surface area contributed by atoms with Gasteiger partial charge in [0.25, 0.3) is 11.8 Å². The molecular formula is C22H29N3O3. The van der Waals surface area contributed by atoms with Gasteiger partial charge in [0.05, 0.1) is 0 Å². The zero-order valence-electron chi connectivity index (χ0n) is 17.6. The number of likely N-dealkylation sites (N-methyl/N-ethyl adjacent to an activating group) is 2. The molecule has 1 unspecified atom stereocenters. The first-order valence-electron chi connectivity index (χ1n) is 9.81. The van der Waals surface area contributed by atoms with E-state index in [0.29, 0.717) is 5.92 Å². The number of nitrogens with zero attached hydrogens (tertiary/aromatic N) is 3. The topological polar surface area (TPSA) is 60.9 Å². The molecule has 0 aliphatic carbocycles. The summed E-state index contributed by atoms with van der Waals surface area (Å²) in [5, 5.41) is 0. The molecule has 1 atom stereocenters. The fourth-order valence-electron chi connectivity index (χ4n) is 4.39. The third-order valence-electron chi connectivity index (χ3n) is 5.81. The van der Waals surface area contributed by atoms with Gasteiger partial charge in [-0.3, -0.25) is 19.4 Å². The van der Waals surface area contributed by atoms with Crippen molar-refractivity contribution in [2.75, 3.05) is 25.5 Å². The van der Waals surface area contributed by atoms with Crippen LogP contribution in [-0.2, 0) is 9.59 Å². The molecule has 0 aromatic heterocycles. The van der Waals surface area contributed by atoms with Crippen LogP contribution < -0.4 is 4.90 Å². The smallest absolute Gasteiger partial charge is 0.333 e. The largest absolute Gasteiger partial charge is 0.366 e. The van der Waals surface area contributed by atoms with E-state index in [9.17, 15) is 14.4 Å². The summed E-state index contributed by atoms with van der Waals surface area (Å²) in [6, 6.07) is 5.50. The van der Waals surface area contributed by atoms with Gasteiger partial charge < -0.3 is 4.90 Å². The summed E-state index contributed by atoms with van der Waals surface area (Å²) in [5.41, 5.74) is 3.35. The lowest BCUT2D eigenvalue weighted by Gasteiger charge is -2.47. The van der Waals surface area contributed by atoms with Crippen LogP contribution in [0.2, 0.25) is 0 Å². The number of rotatable bonds is 3. The van der Waals surface area contributed by atoms with E-state index >= 15 is 0 Å². The van der Waals surface area contributed by atoms with Gasteiger partial charge in [0, 0.05) is 31.9 Å². The van der Waals surface area contributed by atoms with Gasteiger partial charge in [-0.05, 0) is 61.9 Å². The van der Waals surface area contributed by atoms with Gasteiger partial charge in [-0.1, -0.05) is 19.9 Å². The van der Waals surface area contributed by atoms with Gasteiger partial charge in [-0.25, -0.2) is 4.79 Å². The van der Waals surface area contributed by atoms with E-state index in [2.05, 4.69) is 44.7 Å². The van der Waals surface area contributed by atoms with Crippen LogP contribution in [0.25, 0.3) is 6.08 Å². The lowest BCUT2D eigenvalue weighted by molar-refractivity contribution is -0.134. The zero-order chi connectivity index (χ0) is 20.8. The van der Waals surface area contributed by atoms with Crippen LogP contribution in [0.3, 0.4) is 0 Å². The Bertz CT molecular complexity index is 846. The summed E-state index contributed by atoms with van der Waals surface area (Å²) in [5.74, 6) is -0.749. The summed E-state index contributed by atoms with van der Waals surface area (Å²) in [4.78, 5) is 41.2. The number of anilines is 1. The zero-order valence-corrected chi connectivity index (χ0v) is 17.6. The maximum Gasteiger partial charge on any atom is 0.333 e. The normalized spacial score (nSPS) is 21.9. The molecule has 0 N–H and O–H groups in total. The molecule has 1 aromatic rings. The molecule has 1 aromatic carbocycles. The Kier molecular flexibility index (Phi) is 5.08. The molecule has 4 amide bonds. The average Bonchev–Trinajstić information content (AvgIpc) is 2.65. The van der Waals surface area contributed by atoms with Crippen molar-refractivity contribution in [1.29, 1.82) is 0 Å². The standard InChI is InChI=1S/C22H29N3O3/c1-7-10-25-18-9-8-15(11-16(18)14(2)13-22(25,3)4)12-17-19(26)23(5)21(28)24(6)20(17)27/h8-9,11-12,14H,7,10,13H2,1-6H3. The lowest BCUT2D eigenvalue weighted by Crippen LogP contribution is -2.52. The molecule has 2 aliphatic heterocycles. The average molecular weight is 383 g/mol. The minimum atomic E-state index is -0.608. The number of hydrogen-bond donors (Lipinski definition) is 0. The van der Waals surface area contributed by atoms with E-state index in [0.717, 1.165) is 34.7 Å². The van der Waals surface area contributed by atoms with Crippen molar-refractivity contribution in [1.82, 2.24) is 9.80 Å². The predicted molar refractivity (Wildman–Crippen MR) is 110 cm³/mol. The van der Waals surface area contributed by atoms with Crippen LogP contribution in [0.15, 0.2) is 23.8 Å². The minimum absolute atomic E-state index is 0.0127. The summed E-state index contributed by atoms with van der Waals surface area (Å²) < 4.78 is 0. The third kappa shape index (κ3) is 3.21. The van der Waals surface area contributed by atoms with Crippen molar-refractivity contribution in [3.05, 3.63) is 34.9 Å². The fourth-order valence-corrected chi connectivity index (χ4v) is 4.39. The second-order valence-corrected chi connectivity index (χ2v) is 8.46. The van der Waals surface area contributed by atoms with Crippen LogP contribution in [0.4, 0.5) is 10.5 Å². The van der Waals surface area contributed by atoms with Crippen LogP contribution in [0, 0.1) is 0 Å². The molecule has 0 saturated carbocycles. The molecule has 6 heteroatoms. The molecule has 3 rings (SSSR count). The Hall–Kier alpha value is -2.63. The number of carbonyl (C=O) groups excluding carboxylic acids is 3. The molecule has 150 valence electrons. The van der Waals surface area contributed by atoms with Gasteiger partial charge in [0.1, 0.15) is 5.57 Å². The van der Waals surface area contributed by atoms with Crippen molar-refractivity contribution < 1.29 is 14.4 Å². The maximum absolute atomic E-state index is 12.5. The quantitative estimate of drug-likeness (QED) is 0.591.